The molecule has 0 spiro atoms. The van der Waals surface area contributed by atoms with E-state index in [-0.39, 0.29) is 5.54 Å². The number of rotatable bonds is 10. The quantitative estimate of drug-likeness (QED) is 0.273. The number of nitrogens with one attached hydrogen (secondary N) is 1. The second-order valence-corrected chi connectivity index (χ2v) is 8.21. The van der Waals surface area contributed by atoms with Crippen LogP contribution in [0.5, 0.6) is 0 Å². The lowest BCUT2D eigenvalue weighted by Crippen LogP contribution is -2.32. The smallest absolute Gasteiger partial charge is 0.267 e. The zero-order valence-electron chi connectivity index (χ0n) is 18.3. The van der Waals surface area contributed by atoms with Crippen LogP contribution in [-0.2, 0) is 16.8 Å². The van der Waals surface area contributed by atoms with Crippen molar-refractivity contribution in [3.05, 3.63) is 47.8 Å². The van der Waals surface area contributed by atoms with Gasteiger partial charge in [0, 0.05) is 18.0 Å². The van der Waals surface area contributed by atoms with Gasteiger partial charge in [0.05, 0.1) is 11.0 Å². The topological polar surface area (TPSA) is 70.4 Å². The molecule has 6 heteroatoms. The Kier molecular flexibility index (Phi) is 8.17. The van der Waals surface area contributed by atoms with E-state index in [1.807, 2.05) is 12.1 Å². The second-order valence-electron chi connectivity index (χ2n) is 8.21. The molecule has 0 aliphatic heterocycles. The van der Waals surface area contributed by atoms with Gasteiger partial charge < -0.3 is 9.47 Å². The molecular weight excluding hydrogens is 364 g/mol. The fourth-order valence-electron chi connectivity index (χ4n) is 3.41. The Morgan fingerprint density at radius 1 is 1.31 bits per heavy atom. The fraction of sp³-hybridized carbons (Fsp3) is 0.478. The van der Waals surface area contributed by atoms with Crippen LogP contribution in [0.1, 0.15) is 51.4 Å². The van der Waals surface area contributed by atoms with Gasteiger partial charge in [-0.25, -0.2) is 10.5 Å². The summed E-state index contributed by atoms with van der Waals surface area (Å²) in [7, 11) is 4.19. The molecule has 1 amide bonds. The highest BCUT2D eigenvalue weighted by atomic mass is 16.5. The molecule has 0 radical (unpaired) electrons. The van der Waals surface area contributed by atoms with E-state index in [9.17, 15) is 4.79 Å². The first-order valence-electron chi connectivity index (χ1n) is 10.2. The summed E-state index contributed by atoms with van der Waals surface area (Å²) in [6, 6.07) is 6.03. The highest BCUT2D eigenvalue weighted by Gasteiger charge is 2.26. The average Bonchev–Trinajstić information content (AvgIpc) is 3.06. The van der Waals surface area contributed by atoms with Crippen LogP contribution >= 0.6 is 0 Å². The third-order valence-electron chi connectivity index (χ3n) is 5.00. The predicted molar refractivity (Wildman–Crippen MR) is 119 cm³/mol. The molecular formula is C23H34N4O2. The molecule has 1 aromatic heterocycles. The number of hydroxylamine groups is 1. The van der Waals surface area contributed by atoms with Crippen molar-refractivity contribution in [2.45, 2.75) is 52.0 Å². The van der Waals surface area contributed by atoms with E-state index in [4.69, 9.17) is 10.2 Å². The van der Waals surface area contributed by atoms with Crippen molar-refractivity contribution in [2.75, 3.05) is 20.6 Å². The Morgan fingerprint density at radius 3 is 2.72 bits per heavy atom. The maximum atomic E-state index is 11.3. The van der Waals surface area contributed by atoms with Crippen LogP contribution in [0.4, 0.5) is 0 Å². The summed E-state index contributed by atoms with van der Waals surface area (Å²) in [6.07, 6.45) is 11.3. The number of amides is 1. The number of aryl methyl sites for hydroxylation is 1. The molecule has 0 saturated carbocycles. The zero-order valence-corrected chi connectivity index (χ0v) is 18.3. The number of aromatic nitrogens is 2. The molecule has 1 aromatic carbocycles. The molecule has 1 heterocycles. The van der Waals surface area contributed by atoms with E-state index >= 15 is 0 Å². The van der Waals surface area contributed by atoms with Gasteiger partial charge >= 0.3 is 0 Å². The number of hydrogen-bond acceptors (Lipinski definition) is 4. The highest BCUT2D eigenvalue weighted by molar-refractivity contribution is 5.91. The van der Waals surface area contributed by atoms with Crippen molar-refractivity contribution >= 4 is 23.0 Å². The van der Waals surface area contributed by atoms with Crippen molar-refractivity contribution in [3.63, 3.8) is 0 Å². The zero-order chi connectivity index (χ0) is 21.4. The first-order valence-corrected chi connectivity index (χ1v) is 10.2. The van der Waals surface area contributed by atoms with E-state index in [0.29, 0.717) is 0 Å². The molecule has 158 valence electrons. The van der Waals surface area contributed by atoms with E-state index in [1.165, 1.54) is 6.08 Å². The number of hydrogen-bond donors (Lipinski definition) is 2. The van der Waals surface area contributed by atoms with E-state index in [0.717, 1.165) is 54.6 Å². The van der Waals surface area contributed by atoms with E-state index in [1.54, 1.807) is 11.6 Å². The van der Waals surface area contributed by atoms with E-state index < -0.39 is 5.91 Å². The highest BCUT2D eigenvalue weighted by Crippen LogP contribution is 2.30. The number of allylic oxidation sites excluding steroid dienone is 2. The first-order chi connectivity index (χ1) is 13.8. The number of fused-ring (bicyclic) bond motifs is 1. The van der Waals surface area contributed by atoms with Crippen LogP contribution in [0, 0.1) is 0 Å². The van der Waals surface area contributed by atoms with Crippen molar-refractivity contribution in [2.24, 2.45) is 0 Å². The SMILES string of the molecule is CCC=CCCc1nc2cc(C=CC(=O)NO)ccc2n1C(C)(C)CCN(C)C. The Labute approximate surface area is 173 Å². The summed E-state index contributed by atoms with van der Waals surface area (Å²) >= 11 is 0. The summed E-state index contributed by atoms with van der Waals surface area (Å²) < 4.78 is 2.37. The van der Waals surface area contributed by atoms with Crippen molar-refractivity contribution in [1.82, 2.24) is 19.9 Å². The Morgan fingerprint density at radius 2 is 2.07 bits per heavy atom. The summed E-state index contributed by atoms with van der Waals surface area (Å²) in [5.41, 5.74) is 4.43. The Balaban J connectivity index is 2.45. The van der Waals surface area contributed by atoms with Gasteiger partial charge in [0.15, 0.2) is 0 Å². The molecule has 0 saturated heterocycles. The normalized spacial score (nSPS) is 12.7. The minimum atomic E-state index is -0.552. The second kappa shape index (κ2) is 10.4. The molecule has 0 unspecified atom stereocenters. The van der Waals surface area contributed by atoms with Gasteiger partial charge in [-0.2, -0.15) is 0 Å². The molecule has 2 aromatic rings. The van der Waals surface area contributed by atoms with Gasteiger partial charge in [-0.05, 0) is 77.5 Å². The Hall–Kier alpha value is -2.44. The predicted octanol–water partition coefficient (Wildman–Crippen LogP) is 4.14. The summed E-state index contributed by atoms with van der Waals surface area (Å²) in [4.78, 5) is 18.4. The standard InChI is InChI=1S/C23H34N4O2/c1-6-7-8-9-10-21-24-19-17-18(12-14-22(28)25-29)11-13-20(19)27(21)23(2,3)15-16-26(4)5/h7-8,11-14,17,29H,6,9-10,15-16H2,1-5H3,(H,25,28). The molecule has 0 bridgehead atoms. The molecule has 0 atom stereocenters. The van der Waals surface area contributed by atoms with Gasteiger partial charge in [0.2, 0.25) is 0 Å². The monoisotopic (exact) mass is 398 g/mol. The van der Waals surface area contributed by atoms with Gasteiger partial charge in [0.25, 0.3) is 5.91 Å². The summed E-state index contributed by atoms with van der Waals surface area (Å²) in [5, 5.41) is 8.65. The largest absolute Gasteiger partial charge is 0.322 e. The number of carbonyl (C=O) groups is 1. The molecule has 0 aliphatic carbocycles. The molecule has 29 heavy (non-hydrogen) atoms. The van der Waals surface area contributed by atoms with Crippen molar-refractivity contribution in [1.29, 1.82) is 0 Å². The van der Waals surface area contributed by atoms with Crippen LogP contribution in [-0.4, -0.2) is 46.2 Å². The third-order valence-corrected chi connectivity index (χ3v) is 5.00. The summed E-state index contributed by atoms with van der Waals surface area (Å²) in [6.45, 7) is 7.67. The lowest BCUT2D eigenvalue weighted by molar-refractivity contribution is -0.124. The third kappa shape index (κ3) is 6.27. The lowest BCUT2D eigenvalue weighted by atomic mass is 9.98. The number of nitrogens with zero attached hydrogens (tertiary/aromatic N) is 3. The number of benzene rings is 1. The molecule has 2 rings (SSSR count). The minimum absolute atomic E-state index is 0.0725. The summed E-state index contributed by atoms with van der Waals surface area (Å²) in [5.74, 6) is 0.530. The van der Waals surface area contributed by atoms with Gasteiger partial charge in [0.1, 0.15) is 5.82 Å². The number of imidazole rings is 1. The van der Waals surface area contributed by atoms with Gasteiger partial charge in [-0.1, -0.05) is 25.1 Å². The van der Waals surface area contributed by atoms with Crippen molar-refractivity contribution in [3.8, 4) is 0 Å². The first kappa shape index (κ1) is 22.8. The number of carbonyl (C=O) groups excluding carboxylic acids is 1. The fourth-order valence-corrected chi connectivity index (χ4v) is 3.41. The van der Waals surface area contributed by atoms with Crippen LogP contribution in [0.25, 0.3) is 17.1 Å². The average molecular weight is 399 g/mol. The van der Waals surface area contributed by atoms with Crippen LogP contribution in [0.3, 0.4) is 0 Å². The van der Waals surface area contributed by atoms with Gasteiger partial charge in [-0.3, -0.25) is 10.0 Å². The maximum Gasteiger partial charge on any atom is 0.267 e. The molecule has 2 N–H and O–H groups in total. The maximum absolute atomic E-state index is 11.3. The molecule has 0 fully saturated rings. The van der Waals surface area contributed by atoms with Crippen LogP contribution in [0.15, 0.2) is 36.4 Å². The molecule has 6 nitrogen and oxygen atoms in total. The lowest BCUT2D eigenvalue weighted by Gasteiger charge is -2.31. The van der Waals surface area contributed by atoms with Crippen LogP contribution < -0.4 is 5.48 Å². The van der Waals surface area contributed by atoms with Crippen molar-refractivity contribution < 1.29 is 10.0 Å². The Bertz CT molecular complexity index is 878. The minimum Gasteiger partial charge on any atom is -0.322 e. The van der Waals surface area contributed by atoms with Gasteiger partial charge in [-0.15, -0.1) is 0 Å². The molecule has 0 aliphatic rings. The van der Waals surface area contributed by atoms with Crippen LogP contribution in [0.2, 0.25) is 0 Å². The van der Waals surface area contributed by atoms with E-state index in [2.05, 4.69) is 62.6 Å².